The molecule has 3 heteroatoms. The average Bonchev–Trinajstić information content (AvgIpc) is 2.77. The van der Waals surface area contributed by atoms with Crippen LogP contribution in [0.1, 0.15) is 0 Å². The lowest BCUT2D eigenvalue weighted by molar-refractivity contribution is 0.426. The van der Waals surface area contributed by atoms with E-state index in [0.717, 1.165) is 27.8 Å². The third-order valence-corrected chi connectivity index (χ3v) is 5.06. The van der Waals surface area contributed by atoms with Gasteiger partial charge in [0.15, 0.2) is 0 Å². The molecular weight excluding hydrogens is 307 g/mol. The highest BCUT2D eigenvalue weighted by molar-refractivity contribution is 6.61. The van der Waals surface area contributed by atoms with E-state index < -0.39 is 7.12 Å². The van der Waals surface area contributed by atoms with E-state index in [-0.39, 0.29) is 0 Å². The Morgan fingerprint density at radius 2 is 1.08 bits per heavy atom. The molecule has 0 atom stereocenters. The molecule has 2 N–H and O–H groups in total. The molecule has 0 unspecified atom stereocenters. The van der Waals surface area contributed by atoms with Crippen molar-refractivity contribution in [3.63, 3.8) is 0 Å². The molecule has 118 valence electrons. The molecular formula is C22H15BO2. The van der Waals surface area contributed by atoms with Crippen LogP contribution in [0.3, 0.4) is 0 Å². The van der Waals surface area contributed by atoms with Gasteiger partial charge in [-0.3, -0.25) is 0 Å². The maximum absolute atomic E-state index is 9.96. The van der Waals surface area contributed by atoms with Gasteiger partial charge < -0.3 is 10.0 Å². The fraction of sp³-hybridized carbons (Fsp3) is 0. The van der Waals surface area contributed by atoms with E-state index in [1.165, 1.54) is 16.3 Å². The lowest BCUT2D eigenvalue weighted by atomic mass is 9.73. The molecule has 4 aromatic carbocycles. The molecule has 0 aliphatic heterocycles. The summed E-state index contributed by atoms with van der Waals surface area (Å²) in [6.45, 7) is 0. The molecule has 5 rings (SSSR count). The first-order valence-electron chi connectivity index (χ1n) is 8.36. The Balaban J connectivity index is 2.07. The Kier molecular flexibility index (Phi) is 3.08. The van der Waals surface area contributed by atoms with Gasteiger partial charge in [0.05, 0.1) is 0 Å². The summed E-state index contributed by atoms with van der Waals surface area (Å²) in [5, 5.41) is 22.3. The van der Waals surface area contributed by atoms with Crippen LogP contribution in [0.2, 0.25) is 0 Å². The highest BCUT2D eigenvalue weighted by Crippen LogP contribution is 2.46. The van der Waals surface area contributed by atoms with E-state index >= 15 is 0 Å². The zero-order valence-electron chi connectivity index (χ0n) is 13.5. The van der Waals surface area contributed by atoms with E-state index in [9.17, 15) is 10.0 Å². The zero-order valence-corrected chi connectivity index (χ0v) is 13.5. The number of fused-ring (bicyclic) bond motifs is 5. The molecule has 2 nitrogen and oxygen atoms in total. The molecule has 0 heterocycles. The van der Waals surface area contributed by atoms with Crippen molar-refractivity contribution < 1.29 is 10.0 Å². The SMILES string of the molecule is OB(O)c1cccc2c1-c1ccccc1-c1cccc3cccc-2c13. The molecule has 0 saturated carbocycles. The molecule has 0 radical (unpaired) electrons. The zero-order chi connectivity index (χ0) is 17.0. The van der Waals surface area contributed by atoms with Gasteiger partial charge in [-0.25, -0.2) is 0 Å². The summed E-state index contributed by atoms with van der Waals surface area (Å²) in [5.41, 5.74) is 6.93. The summed E-state index contributed by atoms with van der Waals surface area (Å²) in [7, 11) is -1.51. The van der Waals surface area contributed by atoms with E-state index in [1.807, 2.05) is 18.2 Å². The lowest BCUT2D eigenvalue weighted by Gasteiger charge is -2.15. The van der Waals surface area contributed by atoms with Gasteiger partial charge in [0, 0.05) is 0 Å². The van der Waals surface area contributed by atoms with Crippen molar-refractivity contribution in [1.29, 1.82) is 0 Å². The van der Waals surface area contributed by atoms with Gasteiger partial charge in [0.1, 0.15) is 0 Å². The molecule has 0 saturated heterocycles. The number of hydrogen-bond acceptors (Lipinski definition) is 2. The van der Waals surface area contributed by atoms with Crippen molar-refractivity contribution in [2.24, 2.45) is 0 Å². The first kappa shape index (κ1) is 14.5. The fourth-order valence-corrected chi connectivity index (χ4v) is 4.04. The molecule has 1 aliphatic rings. The van der Waals surface area contributed by atoms with Crippen molar-refractivity contribution in [2.75, 3.05) is 0 Å². The summed E-state index contributed by atoms with van der Waals surface area (Å²) in [6.07, 6.45) is 0. The maximum atomic E-state index is 9.96. The van der Waals surface area contributed by atoms with Crippen LogP contribution >= 0.6 is 0 Å². The average molecular weight is 322 g/mol. The molecule has 0 aromatic heterocycles. The van der Waals surface area contributed by atoms with Gasteiger partial charge >= 0.3 is 7.12 Å². The van der Waals surface area contributed by atoms with Crippen molar-refractivity contribution in [2.45, 2.75) is 0 Å². The molecule has 4 aromatic rings. The van der Waals surface area contributed by atoms with E-state index in [0.29, 0.717) is 5.46 Å². The minimum Gasteiger partial charge on any atom is -0.423 e. The number of benzene rings is 4. The van der Waals surface area contributed by atoms with Gasteiger partial charge in [-0.15, -0.1) is 0 Å². The van der Waals surface area contributed by atoms with Gasteiger partial charge in [0.2, 0.25) is 0 Å². The lowest BCUT2D eigenvalue weighted by Crippen LogP contribution is -2.31. The first-order valence-corrected chi connectivity index (χ1v) is 8.36. The largest absolute Gasteiger partial charge is 0.489 e. The third kappa shape index (κ3) is 2.00. The van der Waals surface area contributed by atoms with Crippen LogP contribution in [0, 0.1) is 0 Å². The standard InChI is InChI=1S/C22H15BO2/c24-23(25)20-13-5-12-19-18-11-4-7-14-6-3-10-16(21(14)18)15-8-1-2-9-17(15)22(19)20/h1-13,24-25H. The van der Waals surface area contributed by atoms with E-state index in [2.05, 4.69) is 54.6 Å². The van der Waals surface area contributed by atoms with Gasteiger partial charge in [-0.1, -0.05) is 78.9 Å². The van der Waals surface area contributed by atoms with Crippen LogP contribution in [0.4, 0.5) is 0 Å². The first-order chi connectivity index (χ1) is 12.3. The predicted octanol–water partition coefficient (Wildman–Crippen LogP) is 3.83. The minimum absolute atomic E-state index is 0.537. The third-order valence-electron chi connectivity index (χ3n) is 5.06. The summed E-state index contributed by atoms with van der Waals surface area (Å²) in [6, 6.07) is 26.6. The summed E-state index contributed by atoms with van der Waals surface area (Å²) >= 11 is 0. The Morgan fingerprint density at radius 1 is 0.520 bits per heavy atom. The highest BCUT2D eigenvalue weighted by atomic mass is 16.4. The Hall–Kier alpha value is -2.88. The smallest absolute Gasteiger partial charge is 0.423 e. The summed E-state index contributed by atoms with van der Waals surface area (Å²) < 4.78 is 0. The fourth-order valence-electron chi connectivity index (χ4n) is 4.04. The molecule has 0 bridgehead atoms. The quantitative estimate of drug-likeness (QED) is 0.461. The van der Waals surface area contributed by atoms with Crippen molar-refractivity contribution in [1.82, 2.24) is 0 Å². The molecule has 25 heavy (non-hydrogen) atoms. The van der Waals surface area contributed by atoms with E-state index in [1.54, 1.807) is 6.07 Å². The normalized spacial score (nSPS) is 11.6. The maximum Gasteiger partial charge on any atom is 0.489 e. The summed E-state index contributed by atoms with van der Waals surface area (Å²) in [5.74, 6) is 0. The topological polar surface area (TPSA) is 40.5 Å². The Morgan fingerprint density at radius 3 is 1.80 bits per heavy atom. The Labute approximate surface area is 146 Å². The Bertz CT molecular complexity index is 1130. The second-order valence-electron chi connectivity index (χ2n) is 6.40. The van der Waals surface area contributed by atoms with Crippen molar-refractivity contribution in [3.05, 3.63) is 78.9 Å². The minimum atomic E-state index is -1.51. The predicted molar refractivity (Wildman–Crippen MR) is 104 cm³/mol. The molecule has 0 fully saturated rings. The van der Waals surface area contributed by atoms with Crippen molar-refractivity contribution in [3.8, 4) is 33.4 Å². The summed E-state index contributed by atoms with van der Waals surface area (Å²) in [4.78, 5) is 0. The highest BCUT2D eigenvalue weighted by Gasteiger charge is 2.26. The molecule has 1 aliphatic carbocycles. The van der Waals surface area contributed by atoms with Gasteiger partial charge in [-0.2, -0.15) is 0 Å². The number of hydrogen-bond donors (Lipinski definition) is 2. The van der Waals surface area contributed by atoms with Crippen LogP contribution in [0.25, 0.3) is 44.2 Å². The number of rotatable bonds is 1. The van der Waals surface area contributed by atoms with Crippen LogP contribution in [-0.2, 0) is 0 Å². The van der Waals surface area contributed by atoms with Crippen LogP contribution in [0.5, 0.6) is 0 Å². The second kappa shape index (κ2) is 5.31. The van der Waals surface area contributed by atoms with Crippen LogP contribution in [0.15, 0.2) is 78.9 Å². The van der Waals surface area contributed by atoms with Crippen molar-refractivity contribution >= 4 is 23.4 Å². The van der Waals surface area contributed by atoms with Crippen LogP contribution in [-0.4, -0.2) is 17.2 Å². The van der Waals surface area contributed by atoms with Gasteiger partial charge in [-0.05, 0) is 49.6 Å². The monoisotopic (exact) mass is 322 g/mol. The second-order valence-corrected chi connectivity index (χ2v) is 6.40. The molecule has 0 amide bonds. The van der Waals surface area contributed by atoms with Gasteiger partial charge in [0.25, 0.3) is 0 Å². The molecule has 0 spiro atoms. The van der Waals surface area contributed by atoms with Crippen LogP contribution < -0.4 is 5.46 Å². The van der Waals surface area contributed by atoms with E-state index in [4.69, 9.17) is 0 Å².